The van der Waals surface area contributed by atoms with Crippen molar-refractivity contribution in [3.63, 3.8) is 0 Å². The van der Waals surface area contributed by atoms with Crippen LogP contribution in [0.2, 0.25) is 0 Å². The third-order valence-corrected chi connectivity index (χ3v) is 5.02. The molecule has 0 amide bonds. The van der Waals surface area contributed by atoms with Crippen molar-refractivity contribution in [2.45, 2.75) is 45.3 Å². The van der Waals surface area contributed by atoms with Gasteiger partial charge in [0, 0.05) is 39.2 Å². The van der Waals surface area contributed by atoms with Gasteiger partial charge >= 0.3 is 0 Å². The first-order valence-corrected chi connectivity index (χ1v) is 10.2. The van der Waals surface area contributed by atoms with E-state index >= 15 is 0 Å². The van der Waals surface area contributed by atoms with Crippen molar-refractivity contribution in [1.29, 1.82) is 0 Å². The predicted octanol–water partition coefficient (Wildman–Crippen LogP) is 2.61. The molecule has 2 fully saturated rings. The predicted molar refractivity (Wildman–Crippen MR) is 108 cm³/mol. The molecule has 0 aromatic heterocycles. The second kappa shape index (κ2) is 10.5. The molecule has 27 heavy (non-hydrogen) atoms. The molecule has 6 nitrogen and oxygen atoms in total. The molecule has 150 valence electrons. The molecule has 1 aromatic carbocycles. The lowest BCUT2D eigenvalue weighted by Crippen LogP contribution is -2.53. The molecule has 6 heteroatoms. The molecule has 2 saturated heterocycles. The van der Waals surface area contributed by atoms with Crippen molar-refractivity contribution in [3.8, 4) is 5.75 Å². The molecule has 2 unspecified atom stereocenters. The van der Waals surface area contributed by atoms with Crippen LogP contribution in [0.4, 0.5) is 0 Å². The van der Waals surface area contributed by atoms with Crippen molar-refractivity contribution >= 4 is 5.96 Å². The Morgan fingerprint density at radius 3 is 2.89 bits per heavy atom. The molecule has 0 aliphatic carbocycles. The highest BCUT2D eigenvalue weighted by Gasteiger charge is 2.32. The van der Waals surface area contributed by atoms with Gasteiger partial charge in [0.1, 0.15) is 11.9 Å². The summed E-state index contributed by atoms with van der Waals surface area (Å²) in [7, 11) is 0. The van der Waals surface area contributed by atoms with Crippen LogP contribution in [0.15, 0.2) is 29.3 Å². The average Bonchev–Trinajstić information content (AvgIpc) is 3.23. The maximum atomic E-state index is 5.95. The van der Waals surface area contributed by atoms with E-state index in [1.807, 2.05) is 18.2 Å². The van der Waals surface area contributed by atoms with Gasteiger partial charge in [0.2, 0.25) is 0 Å². The van der Waals surface area contributed by atoms with Gasteiger partial charge in [-0.3, -0.25) is 4.99 Å². The van der Waals surface area contributed by atoms with E-state index in [9.17, 15) is 0 Å². The third-order valence-electron chi connectivity index (χ3n) is 5.02. The topological polar surface area (TPSA) is 55.3 Å². The van der Waals surface area contributed by atoms with Crippen molar-refractivity contribution in [2.24, 2.45) is 4.99 Å². The summed E-state index contributed by atoms with van der Waals surface area (Å²) in [5.41, 5.74) is 1.17. The Labute approximate surface area is 162 Å². The van der Waals surface area contributed by atoms with Crippen LogP contribution in [0.5, 0.6) is 5.75 Å². The highest BCUT2D eigenvalue weighted by atomic mass is 16.5. The Morgan fingerprint density at radius 1 is 1.26 bits per heavy atom. The zero-order valence-corrected chi connectivity index (χ0v) is 16.7. The van der Waals surface area contributed by atoms with Gasteiger partial charge in [-0.05, 0) is 38.3 Å². The molecule has 2 aliphatic rings. The van der Waals surface area contributed by atoms with Crippen LogP contribution in [0, 0.1) is 6.92 Å². The molecule has 2 atom stereocenters. The largest absolute Gasteiger partial charge is 0.493 e. The summed E-state index contributed by atoms with van der Waals surface area (Å²) in [5, 5.41) is 3.42. The van der Waals surface area contributed by atoms with Crippen molar-refractivity contribution in [3.05, 3.63) is 29.8 Å². The minimum atomic E-state index is 0.148. The zero-order valence-electron chi connectivity index (χ0n) is 16.7. The number of aryl methyl sites for hydroxylation is 1. The van der Waals surface area contributed by atoms with Gasteiger partial charge in [-0.2, -0.15) is 0 Å². The second-order valence-electron chi connectivity index (χ2n) is 7.11. The summed E-state index contributed by atoms with van der Waals surface area (Å²) in [6.07, 6.45) is 3.51. The minimum Gasteiger partial charge on any atom is -0.493 e. The fourth-order valence-electron chi connectivity index (χ4n) is 3.56. The van der Waals surface area contributed by atoms with Gasteiger partial charge in [-0.15, -0.1) is 0 Å². The van der Waals surface area contributed by atoms with Gasteiger partial charge in [0.25, 0.3) is 0 Å². The summed E-state index contributed by atoms with van der Waals surface area (Å²) in [6, 6.07) is 8.12. The molecule has 0 bridgehead atoms. The first-order chi connectivity index (χ1) is 13.3. The average molecular weight is 376 g/mol. The molecule has 1 N–H and O–H groups in total. The highest BCUT2D eigenvalue weighted by Crippen LogP contribution is 2.21. The van der Waals surface area contributed by atoms with Crippen molar-refractivity contribution in [2.75, 3.05) is 46.0 Å². The molecule has 2 aliphatic heterocycles. The van der Waals surface area contributed by atoms with Gasteiger partial charge in [0.05, 0.1) is 19.3 Å². The van der Waals surface area contributed by atoms with E-state index in [1.165, 1.54) is 5.56 Å². The number of nitrogens with one attached hydrogen (secondary N) is 1. The van der Waals surface area contributed by atoms with Gasteiger partial charge in [-0.1, -0.05) is 18.2 Å². The van der Waals surface area contributed by atoms with Crippen LogP contribution in [-0.4, -0.2) is 69.1 Å². The zero-order chi connectivity index (χ0) is 18.9. The third kappa shape index (κ3) is 5.84. The van der Waals surface area contributed by atoms with Gasteiger partial charge in [-0.25, -0.2) is 0 Å². The lowest BCUT2D eigenvalue weighted by Gasteiger charge is -2.37. The van der Waals surface area contributed by atoms with E-state index in [4.69, 9.17) is 19.2 Å². The number of hydrogen-bond donors (Lipinski definition) is 1. The number of benzene rings is 1. The molecule has 0 radical (unpaired) electrons. The molecular formula is C21H33N3O3. The number of hydrogen-bond acceptors (Lipinski definition) is 4. The fourth-order valence-corrected chi connectivity index (χ4v) is 3.56. The monoisotopic (exact) mass is 375 g/mol. The first kappa shape index (κ1) is 20.0. The smallest absolute Gasteiger partial charge is 0.194 e. The number of nitrogens with zero attached hydrogens (tertiary/aromatic N) is 2. The van der Waals surface area contributed by atoms with Crippen LogP contribution in [0.1, 0.15) is 31.7 Å². The van der Waals surface area contributed by atoms with Crippen molar-refractivity contribution < 1.29 is 14.2 Å². The van der Waals surface area contributed by atoms with E-state index in [2.05, 4.69) is 30.1 Å². The second-order valence-corrected chi connectivity index (χ2v) is 7.11. The Balaban J connectivity index is 1.47. The number of morpholine rings is 1. The molecule has 1 aromatic rings. The molecule has 2 heterocycles. The maximum Gasteiger partial charge on any atom is 0.194 e. The molecular weight excluding hydrogens is 342 g/mol. The first-order valence-electron chi connectivity index (χ1n) is 10.2. The number of aliphatic imine (C=N–C) groups is 1. The Kier molecular flexibility index (Phi) is 7.78. The van der Waals surface area contributed by atoms with Crippen LogP contribution in [0.25, 0.3) is 0 Å². The summed E-state index contributed by atoms with van der Waals surface area (Å²) >= 11 is 0. The normalized spacial score (nSPS) is 23.5. The van der Waals surface area contributed by atoms with E-state index in [0.717, 1.165) is 70.4 Å². The van der Waals surface area contributed by atoms with E-state index < -0.39 is 0 Å². The Hall–Kier alpha value is -1.79. The van der Waals surface area contributed by atoms with Crippen LogP contribution < -0.4 is 10.1 Å². The Bertz CT molecular complexity index is 602. The highest BCUT2D eigenvalue weighted by molar-refractivity contribution is 5.80. The number of rotatable bonds is 7. The quantitative estimate of drug-likeness (QED) is 0.451. The van der Waals surface area contributed by atoms with Crippen LogP contribution in [0.3, 0.4) is 0 Å². The standard InChI is InChI=1S/C21H33N3O3/c1-3-22-21(23-11-7-14-25-18-9-5-4-8-17(18)2)24-12-15-27-20(16-24)19-10-6-13-26-19/h4-5,8-9,19-20H,3,6-7,10-16H2,1-2H3,(H,22,23). The summed E-state index contributed by atoms with van der Waals surface area (Å²) in [5.74, 6) is 1.93. The number of ether oxygens (including phenoxy) is 3. The maximum absolute atomic E-state index is 5.95. The van der Waals surface area contributed by atoms with Gasteiger partial charge in [0.15, 0.2) is 5.96 Å². The molecule has 0 saturated carbocycles. The number of para-hydroxylation sites is 1. The lowest BCUT2D eigenvalue weighted by atomic mass is 10.1. The van der Waals surface area contributed by atoms with E-state index in [0.29, 0.717) is 6.61 Å². The van der Waals surface area contributed by atoms with Gasteiger partial charge < -0.3 is 24.4 Å². The van der Waals surface area contributed by atoms with E-state index in [1.54, 1.807) is 0 Å². The van der Waals surface area contributed by atoms with Crippen LogP contribution in [-0.2, 0) is 9.47 Å². The summed E-state index contributed by atoms with van der Waals surface area (Å²) in [6.45, 7) is 9.76. The molecule has 0 spiro atoms. The summed E-state index contributed by atoms with van der Waals surface area (Å²) < 4.78 is 17.6. The Morgan fingerprint density at radius 2 is 2.11 bits per heavy atom. The fraction of sp³-hybridized carbons (Fsp3) is 0.667. The summed E-state index contributed by atoms with van der Waals surface area (Å²) in [4.78, 5) is 7.11. The minimum absolute atomic E-state index is 0.148. The molecule has 3 rings (SSSR count). The lowest BCUT2D eigenvalue weighted by molar-refractivity contribution is -0.0817. The number of guanidine groups is 1. The van der Waals surface area contributed by atoms with E-state index in [-0.39, 0.29) is 12.2 Å². The van der Waals surface area contributed by atoms with Crippen molar-refractivity contribution in [1.82, 2.24) is 10.2 Å². The van der Waals surface area contributed by atoms with Crippen LogP contribution >= 0.6 is 0 Å². The SMILES string of the molecule is CCNC(=NCCCOc1ccccc1C)N1CCOC(C2CCCO2)C1.